The third kappa shape index (κ3) is 4.67. The number of pyridine rings is 1. The Kier molecular flexibility index (Phi) is 6.69. The van der Waals surface area contributed by atoms with Crippen molar-refractivity contribution < 1.29 is 14.3 Å². The molecule has 0 aliphatic carbocycles. The van der Waals surface area contributed by atoms with Crippen LogP contribution in [0, 0.1) is 0 Å². The lowest BCUT2D eigenvalue weighted by atomic mass is 10.0. The topological polar surface area (TPSA) is 89.1 Å². The van der Waals surface area contributed by atoms with Gasteiger partial charge in [0.1, 0.15) is 11.5 Å². The molecule has 2 N–H and O–H groups in total. The van der Waals surface area contributed by atoms with Gasteiger partial charge in [0.2, 0.25) is 0 Å². The third-order valence-corrected chi connectivity index (χ3v) is 6.43. The minimum Gasteiger partial charge on any atom is -0.497 e. The van der Waals surface area contributed by atoms with Crippen molar-refractivity contribution in [2.75, 3.05) is 14.2 Å². The number of amides is 1. The Labute approximate surface area is 216 Å². The highest BCUT2D eigenvalue weighted by molar-refractivity contribution is 9.10. The van der Waals surface area contributed by atoms with Crippen molar-refractivity contribution in [3.05, 3.63) is 94.5 Å². The molecular formula is C28H23BrN4O3. The minimum atomic E-state index is -0.228. The van der Waals surface area contributed by atoms with Gasteiger partial charge in [-0.3, -0.25) is 9.89 Å². The molecule has 0 saturated heterocycles. The molecule has 0 radical (unpaired) electrons. The predicted octanol–water partition coefficient (Wildman–Crippen LogP) is 6.00. The molecule has 0 atom stereocenters. The molecule has 0 unspecified atom stereocenters. The number of H-pyrrole nitrogens is 1. The summed E-state index contributed by atoms with van der Waals surface area (Å²) in [5.74, 6) is 1.20. The second-order valence-electron chi connectivity index (χ2n) is 8.09. The van der Waals surface area contributed by atoms with Crippen molar-refractivity contribution in [2.45, 2.75) is 6.54 Å². The fraction of sp³-hybridized carbons (Fsp3) is 0.107. The Hall–Kier alpha value is -4.17. The number of para-hydroxylation sites is 1. The first-order valence-corrected chi connectivity index (χ1v) is 12.1. The maximum absolute atomic E-state index is 13.6. The number of carbonyl (C=O) groups excluding carboxylic acids is 1. The quantitative estimate of drug-likeness (QED) is 0.263. The number of aromatic amines is 1. The van der Waals surface area contributed by atoms with Crippen molar-refractivity contribution in [3.8, 4) is 34.0 Å². The van der Waals surface area contributed by atoms with Gasteiger partial charge in [-0.25, -0.2) is 4.98 Å². The number of aromatic nitrogens is 3. The zero-order chi connectivity index (χ0) is 25.1. The van der Waals surface area contributed by atoms with Crippen molar-refractivity contribution in [1.29, 1.82) is 0 Å². The van der Waals surface area contributed by atoms with E-state index in [1.54, 1.807) is 20.3 Å². The van der Waals surface area contributed by atoms with Gasteiger partial charge in [-0.1, -0.05) is 52.3 Å². The number of benzene rings is 3. The van der Waals surface area contributed by atoms with E-state index in [9.17, 15) is 4.79 Å². The zero-order valence-corrected chi connectivity index (χ0v) is 21.3. The molecular weight excluding hydrogens is 520 g/mol. The van der Waals surface area contributed by atoms with E-state index in [0.717, 1.165) is 32.6 Å². The predicted molar refractivity (Wildman–Crippen MR) is 143 cm³/mol. The maximum Gasteiger partial charge on any atom is 0.252 e. The lowest BCUT2D eigenvalue weighted by Gasteiger charge is -2.12. The fourth-order valence-electron chi connectivity index (χ4n) is 4.04. The van der Waals surface area contributed by atoms with E-state index in [1.165, 1.54) is 0 Å². The summed E-state index contributed by atoms with van der Waals surface area (Å²) in [6, 6.07) is 24.8. The van der Waals surface area contributed by atoms with Gasteiger partial charge in [0.05, 0.1) is 36.6 Å². The van der Waals surface area contributed by atoms with E-state index in [4.69, 9.17) is 14.5 Å². The maximum atomic E-state index is 13.6. The number of nitrogens with zero attached hydrogens (tertiary/aromatic N) is 2. The van der Waals surface area contributed by atoms with E-state index in [1.807, 2.05) is 72.8 Å². The van der Waals surface area contributed by atoms with Gasteiger partial charge in [-0.05, 0) is 48.0 Å². The number of methoxy groups -OCH3 is 2. The van der Waals surface area contributed by atoms with Crippen LogP contribution in [0.1, 0.15) is 15.9 Å². The SMILES string of the molecule is COc1ccc(CNC(=O)c2cc(-c3ccccc3OC)nc3n[nH]c(-c4ccc(Br)cc4)c23)cc1. The Bertz CT molecular complexity index is 1530. The van der Waals surface area contributed by atoms with Crippen LogP contribution in [0.4, 0.5) is 0 Å². The van der Waals surface area contributed by atoms with Gasteiger partial charge in [0.15, 0.2) is 5.65 Å². The van der Waals surface area contributed by atoms with Crippen LogP contribution >= 0.6 is 15.9 Å². The number of carbonyl (C=O) groups is 1. The van der Waals surface area contributed by atoms with Crippen molar-refractivity contribution >= 4 is 32.9 Å². The average molecular weight is 543 g/mol. The van der Waals surface area contributed by atoms with E-state index < -0.39 is 0 Å². The number of fused-ring (bicyclic) bond motifs is 1. The lowest BCUT2D eigenvalue weighted by molar-refractivity contribution is 0.0952. The second-order valence-corrected chi connectivity index (χ2v) is 9.01. The molecule has 0 saturated carbocycles. The smallest absolute Gasteiger partial charge is 0.252 e. The lowest BCUT2D eigenvalue weighted by Crippen LogP contribution is -2.23. The molecule has 0 spiro atoms. The van der Waals surface area contributed by atoms with Crippen LogP contribution in [0.15, 0.2) is 83.3 Å². The van der Waals surface area contributed by atoms with Gasteiger partial charge >= 0.3 is 0 Å². The van der Waals surface area contributed by atoms with Crippen LogP contribution in [0.2, 0.25) is 0 Å². The highest BCUT2D eigenvalue weighted by Crippen LogP contribution is 2.34. The Morgan fingerprint density at radius 3 is 2.44 bits per heavy atom. The highest BCUT2D eigenvalue weighted by Gasteiger charge is 2.21. The number of ether oxygens (including phenoxy) is 2. The average Bonchev–Trinajstić information content (AvgIpc) is 3.36. The van der Waals surface area contributed by atoms with Gasteiger partial charge in [0.25, 0.3) is 5.91 Å². The molecule has 3 aromatic carbocycles. The molecule has 180 valence electrons. The van der Waals surface area contributed by atoms with Gasteiger partial charge in [0, 0.05) is 22.1 Å². The molecule has 5 aromatic rings. The number of hydrogen-bond donors (Lipinski definition) is 2. The third-order valence-electron chi connectivity index (χ3n) is 5.90. The summed E-state index contributed by atoms with van der Waals surface area (Å²) < 4.78 is 11.7. The van der Waals surface area contributed by atoms with Gasteiger partial charge < -0.3 is 14.8 Å². The van der Waals surface area contributed by atoms with Gasteiger partial charge in [-0.15, -0.1) is 0 Å². The molecule has 7 nitrogen and oxygen atoms in total. The summed E-state index contributed by atoms with van der Waals surface area (Å²) in [5.41, 5.74) is 4.89. The van der Waals surface area contributed by atoms with Crippen LogP contribution in [0.25, 0.3) is 33.5 Å². The Morgan fingerprint density at radius 1 is 0.972 bits per heavy atom. The zero-order valence-electron chi connectivity index (χ0n) is 19.7. The van der Waals surface area contributed by atoms with E-state index >= 15 is 0 Å². The molecule has 0 aliphatic heterocycles. The first-order chi connectivity index (χ1) is 17.6. The normalized spacial score (nSPS) is 10.9. The summed E-state index contributed by atoms with van der Waals surface area (Å²) in [5, 5.41) is 11.2. The summed E-state index contributed by atoms with van der Waals surface area (Å²) in [7, 11) is 3.23. The van der Waals surface area contributed by atoms with Gasteiger partial charge in [-0.2, -0.15) is 5.10 Å². The largest absolute Gasteiger partial charge is 0.497 e. The molecule has 36 heavy (non-hydrogen) atoms. The number of rotatable bonds is 7. The summed E-state index contributed by atoms with van der Waals surface area (Å²) in [4.78, 5) is 18.4. The summed E-state index contributed by atoms with van der Waals surface area (Å²) in [6.45, 7) is 0.363. The van der Waals surface area contributed by atoms with Crippen molar-refractivity contribution in [2.24, 2.45) is 0 Å². The molecule has 0 bridgehead atoms. The van der Waals surface area contributed by atoms with Crippen LogP contribution in [0.3, 0.4) is 0 Å². The monoisotopic (exact) mass is 542 g/mol. The number of halogens is 1. The molecule has 8 heteroatoms. The Morgan fingerprint density at radius 2 is 1.72 bits per heavy atom. The highest BCUT2D eigenvalue weighted by atomic mass is 79.9. The number of hydrogen-bond acceptors (Lipinski definition) is 5. The fourth-order valence-corrected chi connectivity index (χ4v) is 4.31. The summed E-state index contributed by atoms with van der Waals surface area (Å²) in [6.07, 6.45) is 0. The Balaban J connectivity index is 1.59. The van der Waals surface area contributed by atoms with Crippen molar-refractivity contribution in [1.82, 2.24) is 20.5 Å². The van der Waals surface area contributed by atoms with Crippen molar-refractivity contribution in [3.63, 3.8) is 0 Å². The van der Waals surface area contributed by atoms with Crippen LogP contribution in [-0.4, -0.2) is 35.3 Å². The molecule has 2 heterocycles. The number of nitrogens with one attached hydrogen (secondary N) is 2. The van der Waals surface area contributed by atoms with Crippen LogP contribution < -0.4 is 14.8 Å². The first kappa shape index (κ1) is 23.6. The standard InChI is InChI=1S/C28H23BrN4O3/c1-35-20-13-7-17(8-14-20)16-30-28(34)22-15-23(21-5-3-4-6-24(21)36-2)31-27-25(22)26(32-33-27)18-9-11-19(29)12-10-18/h3-15H,16H2,1-2H3,(H,30,34)(H,31,32,33). The molecule has 0 fully saturated rings. The second kappa shape index (κ2) is 10.2. The molecule has 0 aliphatic rings. The van der Waals surface area contributed by atoms with E-state index in [-0.39, 0.29) is 5.91 Å². The van der Waals surface area contributed by atoms with Crippen LogP contribution in [-0.2, 0) is 6.54 Å². The van der Waals surface area contributed by atoms with Crippen LogP contribution in [0.5, 0.6) is 11.5 Å². The summed E-state index contributed by atoms with van der Waals surface area (Å²) >= 11 is 3.47. The van der Waals surface area contributed by atoms with E-state index in [2.05, 4.69) is 31.4 Å². The molecule has 2 aromatic heterocycles. The first-order valence-electron chi connectivity index (χ1n) is 11.3. The minimum absolute atomic E-state index is 0.228. The van der Waals surface area contributed by atoms with E-state index in [0.29, 0.717) is 34.6 Å². The molecule has 5 rings (SSSR count). The molecule has 1 amide bonds.